The number of carboxylic acids is 1. The fraction of sp³-hybridized carbons (Fsp3) is 0.250. The lowest BCUT2D eigenvalue weighted by Crippen LogP contribution is -2.11. The number of aromatic nitrogens is 3. The molecule has 0 saturated carbocycles. The molecule has 0 atom stereocenters. The predicted molar refractivity (Wildman–Crippen MR) is 36.0 cm³/mol. The minimum Gasteiger partial charge on any atom is -0.480 e. The number of halogens is 1. The van der Waals surface area contributed by atoms with Crippen LogP contribution in [0.15, 0.2) is 11.2 Å². The van der Waals surface area contributed by atoms with E-state index < -0.39 is 27.8 Å². The Morgan fingerprint density at radius 1 is 1.69 bits per heavy atom. The number of carboxylic acid groups (broad SMARTS) is 1. The van der Waals surface area contributed by atoms with Crippen molar-refractivity contribution in [2.75, 3.05) is 0 Å². The zero-order valence-corrected chi connectivity index (χ0v) is 6.90. The maximum absolute atomic E-state index is 12.2. The molecule has 0 unspecified atom stereocenters. The molecule has 0 spiro atoms. The molecule has 1 N–H and O–H groups in total. The number of nitrogens with zero attached hydrogens (tertiary/aromatic N) is 3. The normalized spacial score (nSPS) is 11.5. The van der Waals surface area contributed by atoms with Crippen LogP contribution in [-0.4, -0.2) is 34.5 Å². The summed E-state index contributed by atoms with van der Waals surface area (Å²) >= 11 is 0. The zero-order chi connectivity index (χ0) is 10.1. The Morgan fingerprint density at radius 2 is 2.31 bits per heavy atom. The van der Waals surface area contributed by atoms with Crippen LogP contribution in [0.4, 0.5) is 3.89 Å². The van der Waals surface area contributed by atoms with Gasteiger partial charge in [-0.15, -0.1) is 5.10 Å². The highest BCUT2D eigenvalue weighted by atomic mass is 32.3. The van der Waals surface area contributed by atoms with Gasteiger partial charge in [0.2, 0.25) is 5.03 Å². The summed E-state index contributed by atoms with van der Waals surface area (Å²) in [4.78, 5) is 10.6. The highest BCUT2D eigenvalue weighted by molar-refractivity contribution is 7.86. The van der Waals surface area contributed by atoms with Gasteiger partial charge >= 0.3 is 16.2 Å². The molecule has 0 aliphatic carbocycles. The van der Waals surface area contributed by atoms with Crippen molar-refractivity contribution in [3.8, 4) is 0 Å². The van der Waals surface area contributed by atoms with Crippen LogP contribution in [0.2, 0.25) is 0 Å². The summed E-state index contributed by atoms with van der Waals surface area (Å²) in [7, 11) is -4.91. The Labute approximate surface area is 72.0 Å². The van der Waals surface area contributed by atoms with Crippen LogP contribution in [0, 0.1) is 0 Å². The molecule has 72 valence electrons. The molecule has 9 heteroatoms. The van der Waals surface area contributed by atoms with Crippen molar-refractivity contribution >= 4 is 16.2 Å². The lowest BCUT2D eigenvalue weighted by Gasteiger charge is -1.90. The monoisotopic (exact) mass is 209 g/mol. The van der Waals surface area contributed by atoms with E-state index >= 15 is 0 Å². The van der Waals surface area contributed by atoms with Gasteiger partial charge in [-0.05, 0) is 0 Å². The fourth-order valence-electron chi connectivity index (χ4n) is 0.590. The quantitative estimate of drug-likeness (QED) is 0.642. The minimum absolute atomic E-state index is 0.564. The smallest absolute Gasteiger partial charge is 0.353 e. The highest BCUT2D eigenvalue weighted by Gasteiger charge is 2.17. The first-order chi connectivity index (χ1) is 5.89. The molecule has 1 rings (SSSR count). The van der Waals surface area contributed by atoms with Crippen molar-refractivity contribution < 1.29 is 22.2 Å². The molecule has 0 amide bonds. The van der Waals surface area contributed by atoms with Gasteiger partial charge in [-0.3, -0.25) is 4.79 Å². The summed E-state index contributed by atoms with van der Waals surface area (Å²) in [5, 5.41) is 13.7. The third-order valence-corrected chi connectivity index (χ3v) is 1.73. The molecule has 0 aliphatic heterocycles. The molecule has 0 saturated heterocycles. The van der Waals surface area contributed by atoms with Gasteiger partial charge in [-0.2, -0.15) is 18.3 Å². The van der Waals surface area contributed by atoms with Gasteiger partial charge in [0.05, 0.1) is 6.20 Å². The first-order valence-electron chi connectivity index (χ1n) is 2.96. The number of aliphatic carboxylic acids is 1. The van der Waals surface area contributed by atoms with E-state index in [1.807, 2.05) is 0 Å². The Kier molecular flexibility index (Phi) is 2.28. The number of hydrogen-bond donors (Lipinski definition) is 1. The lowest BCUT2D eigenvalue weighted by molar-refractivity contribution is -0.138. The first kappa shape index (κ1) is 9.58. The topological polar surface area (TPSA) is 102 Å². The van der Waals surface area contributed by atoms with Crippen molar-refractivity contribution in [3.05, 3.63) is 6.20 Å². The molecule has 13 heavy (non-hydrogen) atoms. The molecule has 0 bridgehead atoms. The van der Waals surface area contributed by atoms with E-state index in [1.54, 1.807) is 0 Å². The number of rotatable bonds is 3. The summed E-state index contributed by atoms with van der Waals surface area (Å²) < 4.78 is 32.6. The van der Waals surface area contributed by atoms with E-state index in [9.17, 15) is 17.1 Å². The summed E-state index contributed by atoms with van der Waals surface area (Å²) in [6.45, 7) is -0.616. The van der Waals surface area contributed by atoms with Gasteiger partial charge in [0, 0.05) is 0 Å². The molecular weight excluding hydrogens is 205 g/mol. The van der Waals surface area contributed by atoms with Crippen molar-refractivity contribution in [3.63, 3.8) is 0 Å². The number of carbonyl (C=O) groups is 1. The zero-order valence-electron chi connectivity index (χ0n) is 6.08. The van der Waals surface area contributed by atoms with E-state index in [2.05, 4.69) is 10.2 Å². The van der Waals surface area contributed by atoms with E-state index in [0.29, 0.717) is 11.0 Å². The lowest BCUT2D eigenvalue weighted by atomic mass is 10.7. The molecule has 0 aliphatic rings. The van der Waals surface area contributed by atoms with Crippen LogP contribution in [0.1, 0.15) is 0 Å². The molecule has 0 aromatic carbocycles. The molecule has 0 fully saturated rings. The SMILES string of the molecule is O=C(O)Cn1ncc(S(=O)(=O)F)n1. The van der Waals surface area contributed by atoms with E-state index in [-0.39, 0.29) is 0 Å². The minimum atomic E-state index is -4.91. The van der Waals surface area contributed by atoms with Crippen LogP contribution in [0.25, 0.3) is 0 Å². The molecule has 1 aromatic rings. The van der Waals surface area contributed by atoms with Crippen LogP contribution in [0.3, 0.4) is 0 Å². The molecule has 0 radical (unpaired) electrons. The average molecular weight is 209 g/mol. The van der Waals surface area contributed by atoms with Crippen molar-refractivity contribution in [1.82, 2.24) is 15.0 Å². The summed E-state index contributed by atoms with van der Waals surface area (Å²) in [5.74, 6) is -1.25. The summed E-state index contributed by atoms with van der Waals surface area (Å²) in [6, 6.07) is 0. The predicted octanol–water partition coefficient (Wildman–Crippen LogP) is -0.979. The highest BCUT2D eigenvalue weighted by Crippen LogP contribution is 2.05. The average Bonchev–Trinajstić information content (AvgIpc) is 2.32. The Balaban J connectivity index is 2.94. The first-order valence-corrected chi connectivity index (χ1v) is 4.34. The fourth-order valence-corrected chi connectivity index (χ4v) is 0.955. The van der Waals surface area contributed by atoms with E-state index in [0.717, 1.165) is 0 Å². The van der Waals surface area contributed by atoms with Gasteiger partial charge in [0.15, 0.2) is 6.54 Å². The Hall–Kier alpha value is -1.51. The molecule has 1 aromatic heterocycles. The second kappa shape index (κ2) is 3.09. The van der Waals surface area contributed by atoms with Crippen molar-refractivity contribution in [2.45, 2.75) is 11.6 Å². The van der Waals surface area contributed by atoms with Gasteiger partial charge in [0.25, 0.3) is 0 Å². The van der Waals surface area contributed by atoms with Gasteiger partial charge in [-0.1, -0.05) is 3.89 Å². The summed E-state index contributed by atoms with van der Waals surface area (Å²) in [5.41, 5.74) is 0. The van der Waals surface area contributed by atoms with Crippen LogP contribution in [0.5, 0.6) is 0 Å². The van der Waals surface area contributed by atoms with E-state index in [4.69, 9.17) is 5.11 Å². The number of hydrogen-bond acceptors (Lipinski definition) is 5. The van der Waals surface area contributed by atoms with Gasteiger partial charge in [0.1, 0.15) is 0 Å². The molecule has 7 nitrogen and oxygen atoms in total. The van der Waals surface area contributed by atoms with E-state index in [1.165, 1.54) is 0 Å². The Bertz CT molecular complexity index is 424. The van der Waals surface area contributed by atoms with Crippen LogP contribution >= 0.6 is 0 Å². The standard InChI is InChI=1S/C4H4FN3O4S/c5-13(11,12)3-1-6-8(7-3)2-4(9)10/h1H,2H2,(H,9,10). The van der Waals surface area contributed by atoms with Crippen molar-refractivity contribution in [2.24, 2.45) is 0 Å². The largest absolute Gasteiger partial charge is 0.480 e. The van der Waals surface area contributed by atoms with Gasteiger partial charge in [-0.25, -0.2) is 0 Å². The van der Waals surface area contributed by atoms with Crippen LogP contribution in [-0.2, 0) is 21.6 Å². The summed E-state index contributed by atoms with van der Waals surface area (Å²) in [6.07, 6.45) is 0.637. The third kappa shape index (κ3) is 2.47. The Morgan fingerprint density at radius 3 is 2.69 bits per heavy atom. The maximum atomic E-state index is 12.2. The molecule has 1 heterocycles. The maximum Gasteiger partial charge on any atom is 0.353 e. The second-order valence-corrected chi connectivity index (χ2v) is 3.34. The van der Waals surface area contributed by atoms with Crippen LogP contribution < -0.4 is 0 Å². The van der Waals surface area contributed by atoms with Crippen molar-refractivity contribution in [1.29, 1.82) is 0 Å². The van der Waals surface area contributed by atoms with Gasteiger partial charge < -0.3 is 5.11 Å². The second-order valence-electron chi connectivity index (χ2n) is 2.04. The third-order valence-electron chi connectivity index (χ3n) is 1.04. The molecular formula is C4H4FN3O4S.